The van der Waals surface area contributed by atoms with Gasteiger partial charge < -0.3 is 4.90 Å². The molecule has 0 amide bonds. The standard InChI is InChI=1S/C13H16N4O/c1-9-11-7-10(8-18)12(17-5-3-4-6-17)14-13(11)16(2)15-9/h7-8H,3-6H2,1-2H3. The molecule has 0 bridgehead atoms. The van der Waals surface area contributed by atoms with Crippen LogP contribution in [-0.4, -0.2) is 34.1 Å². The normalized spacial score (nSPS) is 15.6. The van der Waals surface area contributed by atoms with Crippen LogP contribution < -0.4 is 4.90 Å². The second-order valence-corrected chi connectivity index (χ2v) is 4.79. The number of aromatic nitrogens is 3. The minimum absolute atomic E-state index is 0.667. The quantitative estimate of drug-likeness (QED) is 0.754. The molecule has 0 radical (unpaired) electrons. The third-order valence-electron chi connectivity index (χ3n) is 3.54. The van der Waals surface area contributed by atoms with E-state index in [4.69, 9.17) is 0 Å². The second kappa shape index (κ2) is 4.08. The molecule has 0 atom stereocenters. The number of pyridine rings is 1. The third kappa shape index (κ3) is 1.58. The van der Waals surface area contributed by atoms with E-state index >= 15 is 0 Å². The Morgan fingerprint density at radius 1 is 1.33 bits per heavy atom. The zero-order valence-corrected chi connectivity index (χ0v) is 10.7. The average Bonchev–Trinajstić information content (AvgIpc) is 2.98. The molecule has 0 N–H and O–H groups in total. The number of nitrogens with zero attached hydrogens (tertiary/aromatic N) is 4. The Balaban J connectivity index is 2.23. The smallest absolute Gasteiger partial charge is 0.160 e. The summed E-state index contributed by atoms with van der Waals surface area (Å²) in [6.07, 6.45) is 3.23. The van der Waals surface area contributed by atoms with Crippen LogP contribution in [0.15, 0.2) is 6.07 Å². The topological polar surface area (TPSA) is 51.0 Å². The number of fused-ring (bicyclic) bond motifs is 1. The van der Waals surface area contributed by atoms with Gasteiger partial charge in [0.1, 0.15) is 5.82 Å². The first-order valence-corrected chi connectivity index (χ1v) is 6.25. The molecule has 2 aromatic heterocycles. The summed E-state index contributed by atoms with van der Waals surface area (Å²) in [6, 6.07) is 1.91. The van der Waals surface area contributed by atoms with Crippen LogP contribution in [0, 0.1) is 6.92 Å². The van der Waals surface area contributed by atoms with Crippen molar-refractivity contribution in [2.45, 2.75) is 19.8 Å². The minimum atomic E-state index is 0.667. The molecule has 0 spiro atoms. The Kier molecular flexibility index (Phi) is 2.54. The average molecular weight is 244 g/mol. The molecule has 5 nitrogen and oxygen atoms in total. The summed E-state index contributed by atoms with van der Waals surface area (Å²) < 4.78 is 1.78. The Morgan fingerprint density at radius 2 is 2.06 bits per heavy atom. The van der Waals surface area contributed by atoms with Crippen LogP contribution in [0.4, 0.5) is 5.82 Å². The second-order valence-electron chi connectivity index (χ2n) is 4.79. The van der Waals surface area contributed by atoms with E-state index in [0.29, 0.717) is 5.56 Å². The van der Waals surface area contributed by atoms with E-state index < -0.39 is 0 Å². The maximum atomic E-state index is 11.3. The van der Waals surface area contributed by atoms with Crippen molar-refractivity contribution in [1.29, 1.82) is 0 Å². The first-order valence-electron chi connectivity index (χ1n) is 6.25. The van der Waals surface area contributed by atoms with E-state index in [9.17, 15) is 4.79 Å². The van der Waals surface area contributed by atoms with Crippen LogP contribution in [0.5, 0.6) is 0 Å². The van der Waals surface area contributed by atoms with Crippen molar-refractivity contribution in [2.24, 2.45) is 7.05 Å². The van der Waals surface area contributed by atoms with Crippen molar-refractivity contribution >= 4 is 23.1 Å². The summed E-state index contributed by atoms with van der Waals surface area (Å²) in [6.45, 7) is 3.90. The summed E-state index contributed by atoms with van der Waals surface area (Å²) in [5.74, 6) is 0.804. The molecule has 1 saturated heterocycles. The van der Waals surface area contributed by atoms with Crippen LogP contribution in [0.2, 0.25) is 0 Å². The lowest BCUT2D eigenvalue weighted by Gasteiger charge is -2.18. The molecule has 5 heteroatoms. The molecule has 1 fully saturated rings. The van der Waals surface area contributed by atoms with Gasteiger partial charge in [-0.2, -0.15) is 5.10 Å². The van der Waals surface area contributed by atoms with Gasteiger partial charge in [0.15, 0.2) is 11.9 Å². The van der Waals surface area contributed by atoms with Gasteiger partial charge in [-0.15, -0.1) is 0 Å². The lowest BCUT2D eigenvalue weighted by Crippen LogP contribution is -2.20. The number of hydrogen-bond acceptors (Lipinski definition) is 4. The molecule has 0 saturated carbocycles. The van der Waals surface area contributed by atoms with E-state index in [0.717, 1.165) is 41.9 Å². The number of carbonyl (C=O) groups excluding carboxylic acids is 1. The van der Waals surface area contributed by atoms with Crippen molar-refractivity contribution in [2.75, 3.05) is 18.0 Å². The molecule has 0 aliphatic carbocycles. The lowest BCUT2D eigenvalue weighted by molar-refractivity contribution is 0.112. The predicted molar refractivity (Wildman–Crippen MR) is 70.1 cm³/mol. The summed E-state index contributed by atoms with van der Waals surface area (Å²) in [5.41, 5.74) is 2.43. The van der Waals surface area contributed by atoms with Crippen molar-refractivity contribution in [1.82, 2.24) is 14.8 Å². The Morgan fingerprint density at radius 3 is 2.72 bits per heavy atom. The SMILES string of the molecule is Cc1nn(C)c2nc(N3CCCC3)c(C=O)cc12. The summed E-state index contributed by atoms with van der Waals surface area (Å²) in [7, 11) is 1.89. The van der Waals surface area contributed by atoms with Gasteiger partial charge >= 0.3 is 0 Å². The van der Waals surface area contributed by atoms with Crippen LogP contribution in [0.3, 0.4) is 0 Å². The maximum Gasteiger partial charge on any atom is 0.160 e. The monoisotopic (exact) mass is 244 g/mol. The predicted octanol–water partition coefficient (Wildman–Crippen LogP) is 1.69. The van der Waals surface area contributed by atoms with Crippen molar-refractivity contribution < 1.29 is 4.79 Å². The lowest BCUT2D eigenvalue weighted by atomic mass is 10.2. The van der Waals surface area contributed by atoms with Gasteiger partial charge in [0.05, 0.1) is 11.3 Å². The Bertz CT molecular complexity index is 611. The first-order chi connectivity index (χ1) is 8.70. The van der Waals surface area contributed by atoms with Gasteiger partial charge in [0.25, 0.3) is 0 Å². The fourth-order valence-corrected chi connectivity index (χ4v) is 2.62. The van der Waals surface area contributed by atoms with Crippen LogP contribution in [-0.2, 0) is 7.05 Å². The van der Waals surface area contributed by atoms with Crippen LogP contribution >= 0.6 is 0 Å². The fraction of sp³-hybridized carbons (Fsp3) is 0.462. The highest BCUT2D eigenvalue weighted by atomic mass is 16.1. The van der Waals surface area contributed by atoms with Gasteiger partial charge in [-0.25, -0.2) is 4.98 Å². The van der Waals surface area contributed by atoms with E-state index in [2.05, 4.69) is 15.0 Å². The number of carbonyl (C=O) groups is 1. The van der Waals surface area contributed by atoms with E-state index in [1.807, 2.05) is 20.0 Å². The summed E-state index contributed by atoms with van der Waals surface area (Å²) in [5, 5.41) is 5.31. The van der Waals surface area contributed by atoms with E-state index in [1.54, 1.807) is 4.68 Å². The largest absolute Gasteiger partial charge is 0.356 e. The molecule has 3 rings (SSSR count). The van der Waals surface area contributed by atoms with Crippen molar-refractivity contribution in [3.63, 3.8) is 0 Å². The third-order valence-corrected chi connectivity index (χ3v) is 3.54. The molecular formula is C13H16N4O. The number of anilines is 1. The molecule has 0 unspecified atom stereocenters. The number of rotatable bonds is 2. The van der Waals surface area contributed by atoms with Gasteiger partial charge in [-0.3, -0.25) is 9.48 Å². The highest BCUT2D eigenvalue weighted by molar-refractivity contribution is 5.91. The molecule has 2 aromatic rings. The first kappa shape index (κ1) is 11.2. The van der Waals surface area contributed by atoms with Gasteiger partial charge in [-0.05, 0) is 25.8 Å². The molecule has 3 heterocycles. The molecule has 18 heavy (non-hydrogen) atoms. The highest BCUT2D eigenvalue weighted by Gasteiger charge is 2.19. The number of hydrogen-bond donors (Lipinski definition) is 0. The molecular weight excluding hydrogens is 228 g/mol. The van der Waals surface area contributed by atoms with E-state index in [1.165, 1.54) is 12.8 Å². The number of aryl methyl sites for hydroxylation is 2. The Labute approximate surface area is 105 Å². The minimum Gasteiger partial charge on any atom is -0.356 e. The zero-order valence-electron chi connectivity index (χ0n) is 10.7. The van der Waals surface area contributed by atoms with Gasteiger partial charge in [0.2, 0.25) is 0 Å². The maximum absolute atomic E-state index is 11.3. The van der Waals surface area contributed by atoms with Crippen LogP contribution in [0.25, 0.3) is 11.0 Å². The van der Waals surface area contributed by atoms with Crippen molar-refractivity contribution in [3.05, 3.63) is 17.3 Å². The highest BCUT2D eigenvalue weighted by Crippen LogP contribution is 2.26. The number of aldehydes is 1. The van der Waals surface area contributed by atoms with Gasteiger partial charge in [-0.1, -0.05) is 0 Å². The molecule has 1 aliphatic rings. The fourth-order valence-electron chi connectivity index (χ4n) is 2.62. The summed E-state index contributed by atoms with van der Waals surface area (Å²) >= 11 is 0. The molecule has 0 aromatic carbocycles. The zero-order chi connectivity index (χ0) is 12.7. The summed E-state index contributed by atoms with van der Waals surface area (Å²) in [4.78, 5) is 18.1. The Hall–Kier alpha value is -1.91. The van der Waals surface area contributed by atoms with E-state index in [-0.39, 0.29) is 0 Å². The molecule has 1 aliphatic heterocycles. The van der Waals surface area contributed by atoms with Crippen LogP contribution in [0.1, 0.15) is 28.9 Å². The van der Waals surface area contributed by atoms with Gasteiger partial charge in [0, 0.05) is 25.5 Å². The van der Waals surface area contributed by atoms with Crippen molar-refractivity contribution in [3.8, 4) is 0 Å². The molecule has 94 valence electrons.